The predicted octanol–water partition coefficient (Wildman–Crippen LogP) is 3.97. The van der Waals surface area contributed by atoms with Gasteiger partial charge < -0.3 is 20.9 Å². The van der Waals surface area contributed by atoms with Gasteiger partial charge in [-0.05, 0) is 76.8 Å². The molecule has 1 aromatic carbocycles. The van der Waals surface area contributed by atoms with E-state index in [4.69, 9.17) is 15.6 Å². The maximum Gasteiger partial charge on any atom is 0.407 e. The summed E-state index contributed by atoms with van der Waals surface area (Å²) in [6.45, 7) is 5.42. The minimum atomic E-state index is -0.749. The standard InChI is InChI=1S/C23H36N2O5/c1-23(2,3)30-22(29)25-19(15-16-20(24)26)9-6-8-18-13-11-17(12-14-18)7-4-5-10-21(27)28/h11-14,19H,4-10,15-16H2,1-3H3,(H2,24,26)(H,25,29)(H,27,28)/t19-/m1/s1. The molecule has 0 fully saturated rings. The topological polar surface area (TPSA) is 119 Å². The van der Waals surface area contributed by atoms with Gasteiger partial charge in [-0.25, -0.2) is 4.79 Å². The zero-order valence-corrected chi connectivity index (χ0v) is 18.4. The molecule has 2 amide bonds. The molecule has 7 heteroatoms. The van der Waals surface area contributed by atoms with E-state index < -0.39 is 17.7 Å². The summed E-state index contributed by atoms with van der Waals surface area (Å²) in [5, 5.41) is 11.5. The minimum Gasteiger partial charge on any atom is -0.481 e. The van der Waals surface area contributed by atoms with Gasteiger partial charge in [0.25, 0.3) is 0 Å². The Labute approximate surface area is 179 Å². The van der Waals surface area contributed by atoms with E-state index in [1.54, 1.807) is 20.8 Å². The molecular formula is C23H36N2O5. The molecule has 0 bridgehead atoms. The first-order valence-electron chi connectivity index (χ1n) is 10.6. The molecule has 4 N–H and O–H groups in total. The second kappa shape index (κ2) is 12.9. The smallest absolute Gasteiger partial charge is 0.407 e. The highest BCUT2D eigenvalue weighted by molar-refractivity contribution is 5.74. The van der Waals surface area contributed by atoms with Crippen molar-refractivity contribution in [2.24, 2.45) is 5.73 Å². The number of primary amides is 1. The van der Waals surface area contributed by atoms with Gasteiger partial charge in [0.05, 0.1) is 0 Å². The summed E-state index contributed by atoms with van der Waals surface area (Å²) in [5.41, 5.74) is 7.09. The van der Waals surface area contributed by atoms with Gasteiger partial charge >= 0.3 is 12.1 Å². The fourth-order valence-corrected chi connectivity index (χ4v) is 3.11. The molecule has 168 valence electrons. The summed E-state index contributed by atoms with van der Waals surface area (Å²) in [6.07, 6.45) is 5.32. The summed E-state index contributed by atoms with van der Waals surface area (Å²) >= 11 is 0. The predicted molar refractivity (Wildman–Crippen MR) is 116 cm³/mol. The van der Waals surface area contributed by atoms with E-state index in [2.05, 4.69) is 29.6 Å². The minimum absolute atomic E-state index is 0.166. The molecule has 30 heavy (non-hydrogen) atoms. The number of hydrogen-bond donors (Lipinski definition) is 3. The van der Waals surface area contributed by atoms with Crippen molar-refractivity contribution < 1.29 is 24.2 Å². The molecule has 0 saturated heterocycles. The van der Waals surface area contributed by atoms with E-state index in [0.29, 0.717) is 12.8 Å². The highest BCUT2D eigenvalue weighted by Crippen LogP contribution is 2.14. The SMILES string of the molecule is CC(C)(C)OC(=O)N[C@H](CCCc1ccc(CCCCC(=O)O)cc1)CCC(N)=O. The van der Waals surface area contributed by atoms with Crippen LogP contribution in [0, 0.1) is 0 Å². The molecular weight excluding hydrogens is 384 g/mol. The van der Waals surface area contributed by atoms with Crippen LogP contribution in [0.5, 0.6) is 0 Å². The fraction of sp³-hybridized carbons (Fsp3) is 0.609. The van der Waals surface area contributed by atoms with Crippen LogP contribution in [0.1, 0.15) is 76.8 Å². The first-order valence-corrected chi connectivity index (χ1v) is 10.6. The third-order valence-corrected chi connectivity index (χ3v) is 4.61. The van der Waals surface area contributed by atoms with E-state index in [-0.39, 0.29) is 24.8 Å². The molecule has 0 aromatic heterocycles. The molecule has 0 aliphatic carbocycles. The van der Waals surface area contributed by atoms with Gasteiger partial charge in [0.2, 0.25) is 5.91 Å². The number of nitrogens with two attached hydrogens (primary N) is 1. The number of carbonyl (C=O) groups excluding carboxylic acids is 2. The lowest BCUT2D eigenvalue weighted by atomic mass is 9.99. The van der Waals surface area contributed by atoms with Crippen molar-refractivity contribution in [1.29, 1.82) is 0 Å². The molecule has 0 unspecified atom stereocenters. The zero-order chi connectivity index (χ0) is 22.6. The van der Waals surface area contributed by atoms with Crippen LogP contribution in [0.15, 0.2) is 24.3 Å². The van der Waals surface area contributed by atoms with E-state index in [9.17, 15) is 14.4 Å². The van der Waals surface area contributed by atoms with E-state index in [1.807, 2.05) is 0 Å². The summed E-state index contributed by atoms with van der Waals surface area (Å²) in [6, 6.07) is 8.18. The second-order valence-electron chi connectivity index (χ2n) is 8.66. The first kappa shape index (κ1) is 25.5. The number of amides is 2. The van der Waals surface area contributed by atoms with E-state index >= 15 is 0 Å². The van der Waals surface area contributed by atoms with Gasteiger partial charge in [-0.1, -0.05) is 24.3 Å². The number of unbranched alkanes of at least 4 members (excludes halogenated alkanes) is 1. The largest absolute Gasteiger partial charge is 0.481 e. The summed E-state index contributed by atoms with van der Waals surface area (Å²) in [7, 11) is 0. The molecule has 0 aliphatic heterocycles. The normalized spacial score (nSPS) is 12.2. The highest BCUT2D eigenvalue weighted by atomic mass is 16.6. The lowest BCUT2D eigenvalue weighted by molar-refractivity contribution is -0.137. The quantitative estimate of drug-likeness (QED) is 0.417. The van der Waals surface area contributed by atoms with Crippen LogP contribution in [-0.4, -0.2) is 34.7 Å². The second-order valence-corrected chi connectivity index (χ2v) is 8.66. The Kier molecular flexibility index (Phi) is 10.9. The third kappa shape index (κ3) is 12.8. The summed E-state index contributed by atoms with van der Waals surface area (Å²) < 4.78 is 5.31. The van der Waals surface area contributed by atoms with Crippen LogP contribution in [0.3, 0.4) is 0 Å². The van der Waals surface area contributed by atoms with Gasteiger partial charge in [-0.15, -0.1) is 0 Å². The number of carboxylic acid groups (broad SMARTS) is 1. The van der Waals surface area contributed by atoms with Crippen LogP contribution in [0.25, 0.3) is 0 Å². The number of aliphatic carboxylic acids is 1. The van der Waals surface area contributed by atoms with E-state index in [1.165, 1.54) is 11.1 Å². The van der Waals surface area contributed by atoms with Gasteiger partial charge in [-0.3, -0.25) is 9.59 Å². The van der Waals surface area contributed by atoms with Crippen molar-refractivity contribution in [2.75, 3.05) is 0 Å². The van der Waals surface area contributed by atoms with Crippen LogP contribution in [0.4, 0.5) is 4.79 Å². The number of benzene rings is 1. The van der Waals surface area contributed by atoms with Crippen molar-refractivity contribution in [2.45, 2.75) is 90.2 Å². The van der Waals surface area contributed by atoms with Crippen molar-refractivity contribution in [3.8, 4) is 0 Å². The van der Waals surface area contributed by atoms with Crippen molar-refractivity contribution in [3.63, 3.8) is 0 Å². The molecule has 0 heterocycles. The highest BCUT2D eigenvalue weighted by Gasteiger charge is 2.19. The Morgan fingerprint density at radius 1 is 0.967 bits per heavy atom. The van der Waals surface area contributed by atoms with Crippen molar-refractivity contribution in [1.82, 2.24) is 5.32 Å². The van der Waals surface area contributed by atoms with Crippen LogP contribution < -0.4 is 11.1 Å². The van der Waals surface area contributed by atoms with Crippen LogP contribution in [0.2, 0.25) is 0 Å². The molecule has 0 saturated carbocycles. The van der Waals surface area contributed by atoms with Crippen LogP contribution in [-0.2, 0) is 27.2 Å². The van der Waals surface area contributed by atoms with Crippen molar-refractivity contribution >= 4 is 18.0 Å². The molecule has 0 radical (unpaired) electrons. The number of aryl methyl sites for hydroxylation is 2. The summed E-state index contributed by atoms with van der Waals surface area (Å²) in [5.74, 6) is -1.13. The molecule has 1 atom stereocenters. The molecule has 0 aliphatic rings. The maximum atomic E-state index is 12.0. The number of nitrogens with one attached hydrogen (secondary N) is 1. The lowest BCUT2D eigenvalue weighted by Gasteiger charge is -2.23. The molecule has 1 aromatic rings. The molecule has 1 rings (SSSR count). The Bertz CT molecular complexity index is 680. The van der Waals surface area contributed by atoms with E-state index in [0.717, 1.165) is 32.1 Å². The van der Waals surface area contributed by atoms with Gasteiger partial charge in [0.1, 0.15) is 5.60 Å². The Morgan fingerprint density at radius 2 is 1.53 bits per heavy atom. The third-order valence-electron chi connectivity index (χ3n) is 4.61. The van der Waals surface area contributed by atoms with Crippen LogP contribution >= 0.6 is 0 Å². The first-order chi connectivity index (χ1) is 14.0. The van der Waals surface area contributed by atoms with Gasteiger partial charge in [0.15, 0.2) is 0 Å². The Balaban J connectivity index is 2.45. The molecule has 7 nitrogen and oxygen atoms in total. The Morgan fingerprint density at radius 3 is 2.03 bits per heavy atom. The fourth-order valence-electron chi connectivity index (χ4n) is 3.11. The van der Waals surface area contributed by atoms with Gasteiger partial charge in [-0.2, -0.15) is 0 Å². The summed E-state index contributed by atoms with van der Waals surface area (Å²) in [4.78, 5) is 33.7. The molecule has 0 spiro atoms. The number of hydrogen-bond acceptors (Lipinski definition) is 4. The number of carboxylic acids is 1. The maximum absolute atomic E-state index is 12.0. The number of alkyl carbamates (subject to hydrolysis) is 1. The average molecular weight is 421 g/mol. The van der Waals surface area contributed by atoms with Gasteiger partial charge in [0, 0.05) is 18.9 Å². The monoisotopic (exact) mass is 420 g/mol. The number of carbonyl (C=O) groups is 3. The Hall–Kier alpha value is -2.57. The lowest BCUT2D eigenvalue weighted by Crippen LogP contribution is -2.39. The number of ether oxygens (including phenoxy) is 1. The van der Waals surface area contributed by atoms with Crippen molar-refractivity contribution in [3.05, 3.63) is 35.4 Å². The number of rotatable bonds is 13. The zero-order valence-electron chi connectivity index (χ0n) is 18.4. The average Bonchev–Trinajstić information content (AvgIpc) is 2.62.